The number of nitrogens with one attached hydrogen (secondary N) is 1. The Labute approximate surface area is 93.9 Å². The van der Waals surface area contributed by atoms with Gasteiger partial charge in [0.2, 0.25) is 0 Å². The molecule has 0 amide bonds. The maximum atomic E-state index is 5.21. The van der Waals surface area contributed by atoms with Crippen molar-refractivity contribution < 1.29 is 4.74 Å². The van der Waals surface area contributed by atoms with Crippen molar-refractivity contribution in [3.8, 4) is 5.75 Å². The first kappa shape index (κ1) is 10.5. The molecule has 0 spiro atoms. The summed E-state index contributed by atoms with van der Waals surface area (Å²) in [5, 5.41) is 4.51. The van der Waals surface area contributed by atoms with Crippen LogP contribution in [0.25, 0.3) is 10.1 Å². The Hall–Kier alpha value is -1.06. The second kappa shape index (κ2) is 4.21. The van der Waals surface area contributed by atoms with Crippen LogP contribution < -0.4 is 10.1 Å². The van der Waals surface area contributed by atoms with Crippen molar-refractivity contribution in [1.29, 1.82) is 0 Å². The summed E-state index contributed by atoms with van der Waals surface area (Å²) in [4.78, 5) is 1.36. The fourth-order valence-electron chi connectivity index (χ4n) is 1.52. The minimum absolute atomic E-state index is 0.411. The average molecular weight is 221 g/mol. The van der Waals surface area contributed by atoms with Gasteiger partial charge in [0, 0.05) is 15.6 Å². The number of fused-ring (bicyclic) bond motifs is 1. The van der Waals surface area contributed by atoms with Gasteiger partial charge in [0.15, 0.2) is 0 Å². The highest BCUT2D eigenvalue weighted by molar-refractivity contribution is 7.19. The smallest absolute Gasteiger partial charge is 0.119 e. The molecular weight excluding hydrogens is 206 g/mol. The molecule has 0 aliphatic rings. The summed E-state index contributed by atoms with van der Waals surface area (Å²) in [7, 11) is 3.68. The maximum Gasteiger partial charge on any atom is 0.119 e. The Morgan fingerprint density at radius 1 is 1.33 bits per heavy atom. The molecule has 1 atom stereocenters. The molecule has 0 aliphatic heterocycles. The van der Waals surface area contributed by atoms with Crippen molar-refractivity contribution in [2.24, 2.45) is 0 Å². The third-order valence-corrected chi connectivity index (χ3v) is 3.90. The van der Waals surface area contributed by atoms with Crippen LogP contribution in [0.3, 0.4) is 0 Å². The van der Waals surface area contributed by atoms with Crippen LogP contribution in [0.4, 0.5) is 0 Å². The Morgan fingerprint density at radius 3 is 2.80 bits per heavy atom. The second-order valence-corrected chi connectivity index (χ2v) is 4.68. The fourth-order valence-corrected chi connectivity index (χ4v) is 2.63. The van der Waals surface area contributed by atoms with Crippen molar-refractivity contribution in [1.82, 2.24) is 5.32 Å². The molecule has 0 saturated heterocycles. The molecule has 3 heteroatoms. The SMILES string of the molecule is CNC(C)c1cc2cc(OC)ccc2s1. The summed E-state index contributed by atoms with van der Waals surface area (Å²) in [6, 6.07) is 8.84. The number of thiophene rings is 1. The molecule has 1 heterocycles. The fraction of sp³-hybridized carbons (Fsp3) is 0.333. The molecule has 0 fully saturated rings. The first-order valence-corrected chi connectivity index (χ1v) is 5.81. The van der Waals surface area contributed by atoms with Gasteiger partial charge in [0.25, 0.3) is 0 Å². The first-order chi connectivity index (χ1) is 7.24. The van der Waals surface area contributed by atoms with Crippen molar-refractivity contribution in [3.05, 3.63) is 29.1 Å². The lowest BCUT2D eigenvalue weighted by atomic mass is 10.2. The van der Waals surface area contributed by atoms with Gasteiger partial charge in [-0.25, -0.2) is 0 Å². The van der Waals surface area contributed by atoms with E-state index in [1.54, 1.807) is 7.11 Å². The quantitative estimate of drug-likeness (QED) is 0.859. The molecule has 0 radical (unpaired) electrons. The van der Waals surface area contributed by atoms with E-state index in [9.17, 15) is 0 Å². The number of methoxy groups -OCH3 is 1. The van der Waals surface area contributed by atoms with Crippen molar-refractivity contribution >= 4 is 21.4 Å². The Bertz CT molecular complexity index is 464. The van der Waals surface area contributed by atoms with Crippen molar-refractivity contribution in [2.45, 2.75) is 13.0 Å². The van der Waals surface area contributed by atoms with E-state index in [2.05, 4.69) is 30.4 Å². The number of hydrogen-bond donors (Lipinski definition) is 1. The minimum Gasteiger partial charge on any atom is -0.497 e. The molecular formula is C12H15NOS. The average Bonchev–Trinajstić information content (AvgIpc) is 2.70. The monoisotopic (exact) mass is 221 g/mol. The Morgan fingerprint density at radius 2 is 2.13 bits per heavy atom. The molecule has 2 rings (SSSR count). The lowest BCUT2D eigenvalue weighted by Gasteiger charge is -2.05. The van der Waals surface area contributed by atoms with E-state index >= 15 is 0 Å². The minimum atomic E-state index is 0.411. The highest BCUT2D eigenvalue weighted by Gasteiger charge is 2.07. The molecule has 0 saturated carbocycles. The van der Waals surface area contributed by atoms with Gasteiger partial charge in [-0.15, -0.1) is 11.3 Å². The second-order valence-electron chi connectivity index (χ2n) is 3.56. The summed E-state index contributed by atoms with van der Waals surface area (Å²) in [6.45, 7) is 2.17. The van der Waals surface area contributed by atoms with Gasteiger partial charge < -0.3 is 10.1 Å². The van der Waals surface area contributed by atoms with E-state index in [1.807, 2.05) is 24.5 Å². The van der Waals surface area contributed by atoms with Gasteiger partial charge >= 0.3 is 0 Å². The summed E-state index contributed by atoms with van der Waals surface area (Å²) >= 11 is 1.83. The number of benzene rings is 1. The van der Waals surface area contributed by atoms with Gasteiger partial charge in [-0.05, 0) is 43.6 Å². The topological polar surface area (TPSA) is 21.3 Å². The molecule has 1 aromatic heterocycles. The largest absolute Gasteiger partial charge is 0.497 e. The van der Waals surface area contributed by atoms with Crippen LogP contribution in [0.2, 0.25) is 0 Å². The van der Waals surface area contributed by atoms with Crippen LogP contribution in [0.5, 0.6) is 5.75 Å². The maximum absolute atomic E-state index is 5.21. The molecule has 15 heavy (non-hydrogen) atoms. The molecule has 80 valence electrons. The Kier molecular flexibility index (Phi) is 2.93. The molecule has 1 unspecified atom stereocenters. The number of ether oxygens (including phenoxy) is 1. The lowest BCUT2D eigenvalue weighted by molar-refractivity contribution is 0.415. The summed E-state index contributed by atoms with van der Waals surface area (Å²) in [5.74, 6) is 0.920. The highest BCUT2D eigenvalue weighted by Crippen LogP contribution is 2.31. The Balaban J connectivity index is 2.46. The lowest BCUT2D eigenvalue weighted by Crippen LogP contribution is -2.10. The van der Waals surface area contributed by atoms with E-state index < -0.39 is 0 Å². The zero-order valence-electron chi connectivity index (χ0n) is 9.20. The highest BCUT2D eigenvalue weighted by atomic mass is 32.1. The van der Waals surface area contributed by atoms with Gasteiger partial charge in [-0.3, -0.25) is 0 Å². The summed E-state index contributed by atoms with van der Waals surface area (Å²) < 4.78 is 6.52. The van der Waals surface area contributed by atoms with Crippen LogP contribution in [0.1, 0.15) is 17.8 Å². The van der Waals surface area contributed by atoms with Crippen molar-refractivity contribution in [3.63, 3.8) is 0 Å². The number of rotatable bonds is 3. The summed E-state index contributed by atoms with van der Waals surface area (Å²) in [6.07, 6.45) is 0. The zero-order chi connectivity index (χ0) is 10.8. The van der Waals surface area contributed by atoms with E-state index in [0.29, 0.717) is 6.04 Å². The molecule has 1 N–H and O–H groups in total. The van der Waals surface area contributed by atoms with E-state index in [0.717, 1.165) is 5.75 Å². The third kappa shape index (κ3) is 1.98. The molecule has 1 aromatic carbocycles. The molecule has 2 aromatic rings. The normalized spacial score (nSPS) is 13.0. The predicted octanol–water partition coefficient (Wildman–Crippen LogP) is 3.19. The number of hydrogen-bond acceptors (Lipinski definition) is 3. The van der Waals surface area contributed by atoms with Crippen LogP contribution >= 0.6 is 11.3 Å². The van der Waals surface area contributed by atoms with E-state index in [1.165, 1.54) is 15.0 Å². The van der Waals surface area contributed by atoms with Crippen LogP contribution in [0, 0.1) is 0 Å². The predicted molar refractivity (Wildman–Crippen MR) is 65.9 cm³/mol. The third-order valence-electron chi connectivity index (χ3n) is 2.60. The first-order valence-electron chi connectivity index (χ1n) is 4.99. The van der Waals surface area contributed by atoms with Crippen LogP contribution in [-0.4, -0.2) is 14.2 Å². The van der Waals surface area contributed by atoms with Crippen LogP contribution in [-0.2, 0) is 0 Å². The van der Waals surface area contributed by atoms with E-state index in [-0.39, 0.29) is 0 Å². The van der Waals surface area contributed by atoms with Gasteiger partial charge in [-0.2, -0.15) is 0 Å². The van der Waals surface area contributed by atoms with E-state index in [4.69, 9.17) is 4.74 Å². The van der Waals surface area contributed by atoms with Crippen molar-refractivity contribution in [2.75, 3.05) is 14.2 Å². The van der Waals surface area contributed by atoms with Gasteiger partial charge in [0.1, 0.15) is 5.75 Å². The van der Waals surface area contributed by atoms with Gasteiger partial charge in [-0.1, -0.05) is 0 Å². The molecule has 2 nitrogen and oxygen atoms in total. The summed E-state index contributed by atoms with van der Waals surface area (Å²) in [5.41, 5.74) is 0. The zero-order valence-corrected chi connectivity index (χ0v) is 10.0. The van der Waals surface area contributed by atoms with Gasteiger partial charge in [0.05, 0.1) is 7.11 Å². The standard InChI is InChI=1S/C12H15NOS/c1-8(13-2)12-7-9-6-10(14-3)4-5-11(9)15-12/h4-8,13H,1-3H3. The van der Waals surface area contributed by atoms with Crippen LogP contribution in [0.15, 0.2) is 24.3 Å². The molecule has 0 bridgehead atoms. The molecule has 0 aliphatic carbocycles.